The highest BCUT2D eigenvalue weighted by molar-refractivity contribution is 6.13. The molecule has 0 atom stereocenters. The Balaban J connectivity index is 0.000000236. The fourth-order valence-corrected chi connectivity index (χ4v) is 0.374. The Morgan fingerprint density at radius 2 is 1.70 bits per heavy atom. The van der Waals surface area contributed by atoms with Crippen molar-refractivity contribution in [3.05, 3.63) is 24.3 Å². The van der Waals surface area contributed by atoms with Crippen LogP contribution >= 0.6 is 0 Å². The van der Waals surface area contributed by atoms with Crippen LogP contribution < -0.4 is 0 Å². The van der Waals surface area contributed by atoms with Gasteiger partial charge in [-0.05, 0) is 13.0 Å². The summed E-state index contributed by atoms with van der Waals surface area (Å²) in [4.78, 5) is 7.74. The Hall–Kier alpha value is -0.935. The molecule has 1 heterocycles. The highest BCUT2D eigenvalue weighted by atomic mass is 16.4. The molecule has 0 bridgehead atoms. The van der Waals surface area contributed by atoms with Crippen LogP contribution in [0.2, 0.25) is 0 Å². The van der Waals surface area contributed by atoms with Crippen LogP contribution in [-0.2, 0) is 0 Å². The summed E-state index contributed by atoms with van der Waals surface area (Å²) < 4.78 is 0. The van der Waals surface area contributed by atoms with Crippen molar-refractivity contribution < 1.29 is 10.0 Å². The number of hydrogen-bond acceptors (Lipinski definition) is 4. The zero-order chi connectivity index (χ0) is 7.82. The second-order valence-electron chi connectivity index (χ2n) is 1.41. The average Bonchev–Trinajstić information content (AvgIpc) is 1.91. The molecule has 53 valence electrons. The van der Waals surface area contributed by atoms with Crippen molar-refractivity contribution in [3.8, 4) is 0 Å². The summed E-state index contributed by atoms with van der Waals surface area (Å²) in [7, 11) is 0. The number of rotatable bonds is 0. The average molecular weight is 139 g/mol. The maximum Gasteiger partial charge on any atom is 0.482 e. The van der Waals surface area contributed by atoms with Gasteiger partial charge in [-0.2, -0.15) is 0 Å². The first-order valence-corrected chi connectivity index (χ1v) is 2.65. The molecule has 4 nitrogen and oxygen atoms in total. The third kappa shape index (κ3) is 5.21. The van der Waals surface area contributed by atoms with E-state index >= 15 is 0 Å². The zero-order valence-electron chi connectivity index (χ0n) is 5.60. The maximum absolute atomic E-state index is 7.00. The van der Waals surface area contributed by atoms with E-state index in [0.29, 0.717) is 0 Å². The van der Waals surface area contributed by atoms with E-state index in [9.17, 15) is 0 Å². The Morgan fingerprint density at radius 3 is 1.90 bits per heavy atom. The molecule has 0 saturated heterocycles. The molecule has 1 aromatic heterocycles. The maximum atomic E-state index is 7.00. The zero-order valence-corrected chi connectivity index (χ0v) is 5.60. The van der Waals surface area contributed by atoms with Crippen LogP contribution in [-0.4, -0.2) is 27.7 Å². The lowest BCUT2D eigenvalue weighted by molar-refractivity contribution is 0.448. The van der Waals surface area contributed by atoms with E-state index in [1.165, 1.54) is 0 Å². The number of aryl methyl sites for hydroxylation is 1. The molecule has 0 spiro atoms. The van der Waals surface area contributed by atoms with Crippen LogP contribution in [0, 0.1) is 6.92 Å². The number of hydrogen-bond donors (Lipinski definition) is 2. The quantitative estimate of drug-likeness (QED) is 0.466. The van der Waals surface area contributed by atoms with Gasteiger partial charge in [-0.25, -0.2) is 9.97 Å². The molecule has 0 fully saturated rings. The molecule has 5 heteroatoms. The van der Waals surface area contributed by atoms with Crippen molar-refractivity contribution in [3.63, 3.8) is 0 Å². The fraction of sp³-hybridized carbons (Fsp3) is 0.200. The number of nitrogens with zero attached hydrogens (tertiary/aromatic N) is 2. The second-order valence-corrected chi connectivity index (χ2v) is 1.41. The monoisotopic (exact) mass is 139 g/mol. The predicted molar refractivity (Wildman–Crippen MR) is 37.0 cm³/mol. The van der Waals surface area contributed by atoms with E-state index in [4.69, 9.17) is 10.0 Å². The Labute approximate surface area is 59.9 Å². The van der Waals surface area contributed by atoms with Crippen LogP contribution in [0.25, 0.3) is 0 Å². The van der Waals surface area contributed by atoms with Gasteiger partial charge in [0.1, 0.15) is 5.82 Å². The molecule has 0 amide bonds. The first-order valence-electron chi connectivity index (χ1n) is 2.65. The van der Waals surface area contributed by atoms with Crippen molar-refractivity contribution >= 4 is 7.69 Å². The standard InChI is InChI=1S/C5H6N2.BH2O2/c1-5-6-3-2-4-7-5;2-1-3/h2-4H,1H3;2-3H. The van der Waals surface area contributed by atoms with Crippen molar-refractivity contribution in [2.75, 3.05) is 0 Å². The van der Waals surface area contributed by atoms with E-state index in [1.54, 1.807) is 18.5 Å². The van der Waals surface area contributed by atoms with Gasteiger partial charge < -0.3 is 10.0 Å². The molecule has 1 radical (unpaired) electrons. The van der Waals surface area contributed by atoms with Crippen LogP contribution in [0.1, 0.15) is 5.82 Å². The molecule has 0 aliphatic heterocycles. The van der Waals surface area contributed by atoms with E-state index in [0.717, 1.165) is 5.82 Å². The summed E-state index contributed by atoms with van der Waals surface area (Å²) in [6.07, 6.45) is 3.45. The largest absolute Gasteiger partial charge is 0.482 e. The summed E-state index contributed by atoms with van der Waals surface area (Å²) in [5, 5.41) is 14.0. The number of aromatic nitrogens is 2. The van der Waals surface area contributed by atoms with E-state index in [1.807, 2.05) is 6.92 Å². The lowest BCUT2D eigenvalue weighted by Gasteiger charge is -1.81. The van der Waals surface area contributed by atoms with E-state index in [2.05, 4.69) is 9.97 Å². The molecule has 10 heavy (non-hydrogen) atoms. The third-order valence-corrected chi connectivity index (χ3v) is 0.695. The van der Waals surface area contributed by atoms with Gasteiger partial charge in [-0.3, -0.25) is 0 Å². The molecule has 0 aliphatic rings. The molecule has 0 aliphatic carbocycles. The highest BCUT2D eigenvalue weighted by Crippen LogP contribution is 1.78. The molecule has 0 saturated carbocycles. The van der Waals surface area contributed by atoms with E-state index < -0.39 is 0 Å². The molecule has 0 aromatic carbocycles. The predicted octanol–water partition coefficient (Wildman–Crippen LogP) is -0.710. The first kappa shape index (κ1) is 9.06. The van der Waals surface area contributed by atoms with Gasteiger partial charge in [0.15, 0.2) is 0 Å². The van der Waals surface area contributed by atoms with Crippen LogP contribution in [0.5, 0.6) is 0 Å². The van der Waals surface area contributed by atoms with Crippen LogP contribution in [0.4, 0.5) is 0 Å². The lowest BCUT2D eigenvalue weighted by atomic mass is 10.5. The van der Waals surface area contributed by atoms with Gasteiger partial charge in [0.05, 0.1) is 0 Å². The Kier molecular flexibility index (Phi) is 5.61. The summed E-state index contributed by atoms with van der Waals surface area (Å²) in [5.74, 6) is 0.822. The molecular weight excluding hydrogens is 131 g/mol. The molecular formula is C5H8BN2O2. The summed E-state index contributed by atoms with van der Waals surface area (Å²) in [6, 6.07) is 1.80. The van der Waals surface area contributed by atoms with Gasteiger partial charge in [0.2, 0.25) is 0 Å². The van der Waals surface area contributed by atoms with E-state index in [-0.39, 0.29) is 7.69 Å². The minimum atomic E-state index is 0. The van der Waals surface area contributed by atoms with Crippen molar-refractivity contribution in [2.45, 2.75) is 6.92 Å². The van der Waals surface area contributed by atoms with Crippen LogP contribution in [0.15, 0.2) is 18.5 Å². The van der Waals surface area contributed by atoms with Gasteiger partial charge >= 0.3 is 7.69 Å². The molecule has 2 N–H and O–H groups in total. The minimum absolute atomic E-state index is 0. The fourth-order valence-electron chi connectivity index (χ4n) is 0.374. The van der Waals surface area contributed by atoms with Gasteiger partial charge in [-0.15, -0.1) is 0 Å². The Morgan fingerprint density at radius 1 is 1.30 bits per heavy atom. The summed E-state index contributed by atoms with van der Waals surface area (Å²) >= 11 is 0. The lowest BCUT2D eigenvalue weighted by Crippen LogP contribution is -1.80. The Bertz CT molecular complexity index is 159. The van der Waals surface area contributed by atoms with Crippen LogP contribution in [0.3, 0.4) is 0 Å². The van der Waals surface area contributed by atoms with Crippen molar-refractivity contribution in [1.82, 2.24) is 9.97 Å². The SMILES string of the molecule is Cc1ncccn1.O[B]O. The second kappa shape index (κ2) is 6.19. The third-order valence-electron chi connectivity index (χ3n) is 0.695. The highest BCUT2D eigenvalue weighted by Gasteiger charge is 1.74. The van der Waals surface area contributed by atoms with Gasteiger partial charge in [0, 0.05) is 12.4 Å². The molecule has 1 rings (SSSR count). The van der Waals surface area contributed by atoms with Gasteiger partial charge in [0.25, 0.3) is 0 Å². The van der Waals surface area contributed by atoms with Gasteiger partial charge in [-0.1, -0.05) is 0 Å². The minimum Gasteiger partial charge on any atom is -0.429 e. The van der Waals surface area contributed by atoms with Crippen molar-refractivity contribution in [1.29, 1.82) is 0 Å². The topological polar surface area (TPSA) is 66.2 Å². The molecule has 1 aromatic rings. The molecule has 0 unspecified atom stereocenters. The smallest absolute Gasteiger partial charge is 0.429 e. The normalized spacial score (nSPS) is 7.50. The summed E-state index contributed by atoms with van der Waals surface area (Å²) in [5.41, 5.74) is 0. The first-order chi connectivity index (χ1) is 4.81. The summed E-state index contributed by atoms with van der Waals surface area (Å²) in [6.45, 7) is 1.86. The van der Waals surface area contributed by atoms with Crippen molar-refractivity contribution in [2.24, 2.45) is 0 Å².